The van der Waals surface area contributed by atoms with Crippen LogP contribution in [0.5, 0.6) is 5.75 Å². The fourth-order valence-corrected chi connectivity index (χ4v) is 3.30. The van der Waals surface area contributed by atoms with E-state index in [4.69, 9.17) is 4.74 Å². The molecule has 1 aromatic carbocycles. The first-order valence-electron chi connectivity index (χ1n) is 7.54. The number of ether oxygens (including phenoxy) is 1. The third-order valence-electron chi connectivity index (χ3n) is 4.46. The van der Waals surface area contributed by atoms with Crippen molar-refractivity contribution in [1.29, 1.82) is 0 Å². The minimum atomic E-state index is 0. The van der Waals surface area contributed by atoms with Crippen LogP contribution in [0.2, 0.25) is 0 Å². The summed E-state index contributed by atoms with van der Waals surface area (Å²) in [5.74, 6) is 0.974. The molecule has 0 spiro atoms. The molecule has 1 N–H and O–H groups in total. The van der Waals surface area contributed by atoms with Gasteiger partial charge in [-0.2, -0.15) is 5.43 Å². The molecule has 0 saturated carbocycles. The van der Waals surface area contributed by atoms with Crippen molar-refractivity contribution in [1.82, 2.24) is 5.43 Å². The Morgan fingerprint density at radius 2 is 1.90 bits per heavy atom. The van der Waals surface area contributed by atoms with Crippen LogP contribution in [0.3, 0.4) is 0 Å². The van der Waals surface area contributed by atoms with Crippen molar-refractivity contribution >= 4 is 24.8 Å². The van der Waals surface area contributed by atoms with Crippen molar-refractivity contribution in [2.45, 2.75) is 38.6 Å². The largest absolute Gasteiger partial charge is 0.488 e. The van der Waals surface area contributed by atoms with Crippen LogP contribution < -0.4 is 10.2 Å². The van der Waals surface area contributed by atoms with Gasteiger partial charge in [-0.05, 0) is 31.4 Å². The molecule has 2 unspecified atom stereocenters. The van der Waals surface area contributed by atoms with Gasteiger partial charge >= 0.3 is 0 Å². The van der Waals surface area contributed by atoms with Crippen LogP contribution in [0.15, 0.2) is 30.3 Å². The summed E-state index contributed by atoms with van der Waals surface area (Å²) >= 11 is 0. The summed E-state index contributed by atoms with van der Waals surface area (Å²) in [5.41, 5.74) is 3.56. The first-order valence-corrected chi connectivity index (χ1v) is 7.54. The highest BCUT2D eigenvalue weighted by Crippen LogP contribution is 2.25. The average molecular weight is 336 g/mol. The molecule has 1 aromatic rings. The number of halogens is 2. The number of quaternary nitrogens is 1. The Hall–Kier alpha value is -0.480. The van der Waals surface area contributed by atoms with Gasteiger partial charge in [0.05, 0.1) is 6.54 Å². The first kappa shape index (κ1) is 20.5. The fraction of sp³-hybridized carbons (Fsp3) is 0.625. The van der Waals surface area contributed by atoms with Gasteiger partial charge in [-0.3, -0.25) is 0 Å². The topological polar surface area (TPSA) is 21.3 Å². The van der Waals surface area contributed by atoms with E-state index in [0.29, 0.717) is 0 Å². The molecule has 1 saturated heterocycles. The molecular formula is C16H29Cl2N2O+. The van der Waals surface area contributed by atoms with Crippen LogP contribution in [0.4, 0.5) is 0 Å². The maximum absolute atomic E-state index is 5.87. The molecule has 0 bridgehead atoms. The molecule has 1 fully saturated rings. The number of nitrogens with zero attached hydrogens (tertiary/aromatic N) is 1. The molecule has 122 valence electrons. The zero-order valence-electron chi connectivity index (χ0n) is 13.1. The van der Waals surface area contributed by atoms with Crippen molar-refractivity contribution in [2.75, 3.05) is 26.7 Å². The SMILES string of the molecule is CCC1CCCC[N+]1(CCOc1ccccc1)NC.Cl.Cl. The van der Waals surface area contributed by atoms with Crippen LogP contribution in [-0.2, 0) is 0 Å². The minimum absolute atomic E-state index is 0. The molecule has 2 atom stereocenters. The van der Waals surface area contributed by atoms with Crippen LogP contribution in [0.25, 0.3) is 0 Å². The lowest BCUT2D eigenvalue weighted by Crippen LogP contribution is -2.65. The number of benzene rings is 1. The monoisotopic (exact) mass is 335 g/mol. The lowest BCUT2D eigenvalue weighted by molar-refractivity contribution is -0.993. The van der Waals surface area contributed by atoms with E-state index < -0.39 is 0 Å². The van der Waals surface area contributed by atoms with E-state index in [0.717, 1.165) is 29.5 Å². The zero-order valence-corrected chi connectivity index (χ0v) is 14.7. The van der Waals surface area contributed by atoms with Crippen molar-refractivity contribution in [3.63, 3.8) is 0 Å². The van der Waals surface area contributed by atoms with Crippen LogP contribution in [0.1, 0.15) is 32.6 Å². The molecule has 0 radical (unpaired) electrons. The summed E-state index contributed by atoms with van der Waals surface area (Å²) in [4.78, 5) is 0. The van der Waals surface area contributed by atoms with E-state index >= 15 is 0 Å². The van der Waals surface area contributed by atoms with E-state index in [9.17, 15) is 0 Å². The van der Waals surface area contributed by atoms with Gasteiger partial charge in [0.2, 0.25) is 0 Å². The second-order valence-corrected chi connectivity index (χ2v) is 5.42. The molecule has 5 heteroatoms. The van der Waals surface area contributed by atoms with Crippen molar-refractivity contribution in [3.05, 3.63) is 30.3 Å². The lowest BCUT2D eigenvalue weighted by atomic mass is 9.98. The normalized spacial score (nSPS) is 24.6. The van der Waals surface area contributed by atoms with Crippen LogP contribution in [0, 0.1) is 0 Å². The smallest absolute Gasteiger partial charge is 0.139 e. The summed E-state index contributed by atoms with van der Waals surface area (Å²) in [5, 5.41) is 0. The van der Waals surface area contributed by atoms with Gasteiger partial charge in [0.1, 0.15) is 24.9 Å². The van der Waals surface area contributed by atoms with Gasteiger partial charge in [-0.15, -0.1) is 24.8 Å². The Bertz CT molecular complexity index is 378. The Morgan fingerprint density at radius 3 is 2.52 bits per heavy atom. The standard InChI is InChI=1S/C16H27N2O.2ClH/c1-3-15-9-7-8-12-18(15,17-2)13-14-19-16-10-5-4-6-11-16;;/h4-6,10-11,15,17H,3,7-9,12-14H2,1-2H3;2*1H/q+1;;. The number of nitrogens with one attached hydrogen (secondary N) is 1. The van der Waals surface area contributed by atoms with Crippen LogP contribution in [-0.4, -0.2) is 37.4 Å². The zero-order chi connectivity index (χ0) is 13.6. The van der Waals surface area contributed by atoms with Crippen LogP contribution >= 0.6 is 24.8 Å². The molecule has 21 heavy (non-hydrogen) atoms. The van der Waals surface area contributed by atoms with Crippen molar-refractivity contribution in [3.8, 4) is 5.75 Å². The van der Waals surface area contributed by atoms with Gasteiger partial charge in [0, 0.05) is 13.5 Å². The highest BCUT2D eigenvalue weighted by Gasteiger charge is 2.37. The number of hydrogen-bond donors (Lipinski definition) is 1. The number of likely N-dealkylation sites (tertiary alicyclic amines) is 1. The molecule has 1 aliphatic heterocycles. The molecule has 2 rings (SSSR count). The number of para-hydroxylation sites is 1. The van der Waals surface area contributed by atoms with E-state index in [1.165, 1.54) is 32.2 Å². The molecule has 3 nitrogen and oxygen atoms in total. The third-order valence-corrected chi connectivity index (χ3v) is 4.46. The van der Waals surface area contributed by atoms with Gasteiger partial charge < -0.3 is 4.74 Å². The Morgan fingerprint density at radius 1 is 1.19 bits per heavy atom. The molecular weight excluding hydrogens is 307 g/mol. The second kappa shape index (κ2) is 10.3. The van der Waals surface area contributed by atoms with Gasteiger partial charge in [0.15, 0.2) is 0 Å². The van der Waals surface area contributed by atoms with E-state index in [2.05, 4.69) is 19.4 Å². The Kier molecular flexibility index (Phi) is 10.0. The molecule has 0 aromatic heterocycles. The van der Waals surface area contributed by atoms with Gasteiger partial charge in [-0.1, -0.05) is 25.1 Å². The molecule has 1 heterocycles. The predicted molar refractivity (Wildman–Crippen MR) is 93.4 cm³/mol. The lowest BCUT2D eigenvalue weighted by Gasteiger charge is -2.45. The predicted octanol–water partition coefficient (Wildman–Crippen LogP) is 3.82. The highest BCUT2D eigenvalue weighted by atomic mass is 35.5. The fourth-order valence-electron chi connectivity index (χ4n) is 3.30. The van der Waals surface area contributed by atoms with Crippen molar-refractivity contribution < 1.29 is 9.33 Å². The number of piperidine rings is 1. The Labute approximate surface area is 141 Å². The van der Waals surface area contributed by atoms with E-state index in [-0.39, 0.29) is 24.8 Å². The maximum atomic E-state index is 5.87. The average Bonchev–Trinajstić information content (AvgIpc) is 2.48. The summed E-state index contributed by atoms with van der Waals surface area (Å²) in [7, 11) is 2.09. The van der Waals surface area contributed by atoms with E-state index in [1.54, 1.807) is 0 Å². The summed E-state index contributed by atoms with van der Waals surface area (Å²) < 4.78 is 6.89. The quantitative estimate of drug-likeness (QED) is 0.798. The first-order chi connectivity index (χ1) is 9.30. The molecule has 1 aliphatic rings. The Balaban J connectivity index is 0.00000200. The summed E-state index contributed by atoms with van der Waals surface area (Å²) in [6.07, 6.45) is 5.28. The van der Waals surface area contributed by atoms with Gasteiger partial charge in [0.25, 0.3) is 0 Å². The maximum Gasteiger partial charge on any atom is 0.139 e. The molecule has 0 aliphatic carbocycles. The molecule has 0 amide bonds. The van der Waals surface area contributed by atoms with Gasteiger partial charge in [-0.25, -0.2) is 4.59 Å². The summed E-state index contributed by atoms with van der Waals surface area (Å²) in [6.45, 7) is 5.36. The summed E-state index contributed by atoms with van der Waals surface area (Å²) in [6, 6.07) is 10.8. The van der Waals surface area contributed by atoms with Crippen molar-refractivity contribution in [2.24, 2.45) is 0 Å². The minimum Gasteiger partial charge on any atom is -0.488 e. The second-order valence-electron chi connectivity index (χ2n) is 5.42. The number of hydrogen-bond acceptors (Lipinski definition) is 2. The third kappa shape index (κ3) is 5.33. The highest BCUT2D eigenvalue weighted by molar-refractivity contribution is 5.85. The van der Waals surface area contributed by atoms with E-state index in [1.807, 2.05) is 30.3 Å². The number of rotatable bonds is 6.